The van der Waals surface area contributed by atoms with Crippen LogP contribution >= 0.6 is 0 Å². The van der Waals surface area contributed by atoms with Gasteiger partial charge in [0.2, 0.25) is 0 Å². The molecule has 1 spiro atoms. The summed E-state index contributed by atoms with van der Waals surface area (Å²) in [6.07, 6.45) is 9.88. The molecular formula is C9H12O. The van der Waals surface area contributed by atoms with E-state index in [0.717, 1.165) is 6.42 Å². The van der Waals surface area contributed by atoms with E-state index in [1.54, 1.807) is 0 Å². The molecule has 0 aromatic rings. The first-order valence-electron chi connectivity index (χ1n) is 3.93. The zero-order chi connectivity index (χ0) is 7.19. The fraction of sp³-hybridized carbons (Fsp3) is 0.778. The Balaban J connectivity index is 2.09. The van der Waals surface area contributed by atoms with Gasteiger partial charge in [0.15, 0.2) is 0 Å². The number of hydrogen-bond acceptors (Lipinski definition) is 1. The van der Waals surface area contributed by atoms with Crippen molar-refractivity contribution >= 4 is 0 Å². The van der Waals surface area contributed by atoms with Crippen molar-refractivity contribution in [2.24, 2.45) is 11.3 Å². The van der Waals surface area contributed by atoms with Crippen molar-refractivity contribution in [3.8, 4) is 12.3 Å². The minimum Gasteiger partial charge on any atom is -0.392 e. The molecule has 10 heavy (non-hydrogen) atoms. The summed E-state index contributed by atoms with van der Waals surface area (Å²) < 4.78 is 0. The molecular weight excluding hydrogens is 124 g/mol. The molecule has 0 aliphatic heterocycles. The maximum Gasteiger partial charge on any atom is 0.0688 e. The molecule has 54 valence electrons. The van der Waals surface area contributed by atoms with E-state index < -0.39 is 0 Å². The molecule has 2 fully saturated rings. The Bertz CT molecular complexity index is 185. The van der Waals surface area contributed by atoms with E-state index in [1.807, 2.05) is 0 Å². The molecule has 1 N–H and O–H groups in total. The van der Waals surface area contributed by atoms with Gasteiger partial charge in [-0.15, -0.1) is 12.3 Å². The molecule has 2 aliphatic rings. The van der Waals surface area contributed by atoms with Crippen molar-refractivity contribution in [1.82, 2.24) is 0 Å². The minimum absolute atomic E-state index is 0.182. The lowest BCUT2D eigenvalue weighted by atomic mass is 9.49. The van der Waals surface area contributed by atoms with Crippen LogP contribution in [0.1, 0.15) is 25.7 Å². The second-order valence-electron chi connectivity index (χ2n) is 3.63. The molecule has 2 rings (SSSR count). The summed E-state index contributed by atoms with van der Waals surface area (Å²) >= 11 is 0. The van der Waals surface area contributed by atoms with Gasteiger partial charge in [-0.2, -0.15) is 0 Å². The van der Waals surface area contributed by atoms with Crippen molar-refractivity contribution in [2.45, 2.75) is 31.8 Å². The van der Waals surface area contributed by atoms with E-state index in [9.17, 15) is 5.11 Å². The minimum atomic E-state index is -0.190. The van der Waals surface area contributed by atoms with Crippen molar-refractivity contribution in [1.29, 1.82) is 0 Å². The van der Waals surface area contributed by atoms with E-state index in [0.29, 0.717) is 5.41 Å². The number of terminal acetylenes is 1. The van der Waals surface area contributed by atoms with Crippen LogP contribution in [0.5, 0.6) is 0 Å². The average Bonchev–Trinajstić information content (AvgIpc) is 1.79. The number of aliphatic hydroxyl groups excluding tert-OH is 1. The lowest BCUT2D eigenvalue weighted by molar-refractivity contribution is -0.123. The summed E-state index contributed by atoms with van der Waals surface area (Å²) in [6, 6.07) is 0. The first-order chi connectivity index (χ1) is 4.78. The Kier molecular flexibility index (Phi) is 1.10. The quantitative estimate of drug-likeness (QED) is 0.496. The van der Waals surface area contributed by atoms with Gasteiger partial charge in [0.1, 0.15) is 0 Å². The van der Waals surface area contributed by atoms with Crippen LogP contribution in [0.25, 0.3) is 0 Å². The molecule has 1 heteroatoms. The molecule has 0 aromatic heterocycles. The van der Waals surface area contributed by atoms with Gasteiger partial charge in [0, 0.05) is 0 Å². The van der Waals surface area contributed by atoms with Gasteiger partial charge < -0.3 is 5.11 Å². The second-order valence-corrected chi connectivity index (χ2v) is 3.63. The molecule has 0 bridgehead atoms. The molecule has 2 atom stereocenters. The van der Waals surface area contributed by atoms with Gasteiger partial charge in [-0.25, -0.2) is 0 Å². The highest BCUT2D eigenvalue weighted by Crippen LogP contribution is 2.59. The highest BCUT2D eigenvalue weighted by Gasteiger charge is 2.55. The fourth-order valence-electron chi connectivity index (χ4n) is 2.34. The van der Waals surface area contributed by atoms with Crippen LogP contribution in [0.15, 0.2) is 0 Å². The molecule has 0 heterocycles. The lowest BCUT2D eigenvalue weighted by Crippen LogP contribution is -2.54. The van der Waals surface area contributed by atoms with Gasteiger partial charge in [-0.1, -0.05) is 6.42 Å². The van der Waals surface area contributed by atoms with Crippen LogP contribution in [-0.2, 0) is 0 Å². The Hall–Kier alpha value is -0.480. The van der Waals surface area contributed by atoms with E-state index in [4.69, 9.17) is 6.42 Å². The van der Waals surface area contributed by atoms with Gasteiger partial charge in [-0.3, -0.25) is 0 Å². The third-order valence-corrected chi connectivity index (χ3v) is 3.19. The lowest BCUT2D eigenvalue weighted by Gasteiger charge is -2.56. The van der Waals surface area contributed by atoms with Crippen molar-refractivity contribution in [2.75, 3.05) is 0 Å². The van der Waals surface area contributed by atoms with Crippen molar-refractivity contribution < 1.29 is 5.11 Å². The van der Waals surface area contributed by atoms with Gasteiger partial charge in [0.05, 0.1) is 12.0 Å². The second kappa shape index (κ2) is 1.77. The molecule has 2 aliphatic carbocycles. The third-order valence-electron chi connectivity index (χ3n) is 3.19. The Morgan fingerprint density at radius 2 is 2.20 bits per heavy atom. The molecule has 0 amide bonds. The first-order valence-corrected chi connectivity index (χ1v) is 3.93. The molecule has 0 aromatic carbocycles. The van der Waals surface area contributed by atoms with Crippen LogP contribution < -0.4 is 0 Å². The van der Waals surface area contributed by atoms with E-state index in [1.165, 1.54) is 19.3 Å². The van der Waals surface area contributed by atoms with Crippen LogP contribution in [0.4, 0.5) is 0 Å². The van der Waals surface area contributed by atoms with E-state index in [-0.39, 0.29) is 12.0 Å². The Morgan fingerprint density at radius 1 is 1.50 bits per heavy atom. The largest absolute Gasteiger partial charge is 0.392 e. The molecule has 2 saturated carbocycles. The highest BCUT2D eigenvalue weighted by molar-refractivity contribution is 5.17. The molecule has 0 saturated heterocycles. The van der Waals surface area contributed by atoms with Gasteiger partial charge in [0.25, 0.3) is 0 Å². The van der Waals surface area contributed by atoms with Crippen molar-refractivity contribution in [3.63, 3.8) is 0 Å². The zero-order valence-corrected chi connectivity index (χ0v) is 6.01. The monoisotopic (exact) mass is 136 g/mol. The average molecular weight is 136 g/mol. The third kappa shape index (κ3) is 0.532. The normalized spacial score (nSPS) is 41.6. The first kappa shape index (κ1) is 6.24. The number of hydrogen-bond donors (Lipinski definition) is 1. The summed E-state index contributed by atoms with van der Waals surface area (Å²) in [5, 5.41) is 9.27. The summed E-state index contributed by atoms with van der Waals surface area (Å²) in [5.74, 6) is 2.88. The maximum atomic E-state index is 9.27. The number of rotatable bonds is 0. The topological polar surface area (TPSA) is 20.2 Å². The molecule has 0 radical (unpaired) electrons. The summed E-state index contributed by atoms with van der Waals surface area (Å²) in [6.45, 7) is 0. The summed E-state index contributed by atoms with van der Waals surface area (Å²) in [4.78, 5) is 0. The molecule has 1 nitrogen and oxygen atoms in total. The predicted molar refractivity (Wildman–Crippen MR) is 39.2 cm³/mol. The standard InChI is InChI=1S/C9H12O/c1-2-7-8(10)6-9(7)4-3-5-9/h1,7-8,10H,3-6H2. The van der Waals surface area contributed by atoms with E-state index in [2.05, 4.69) is 5.92 Å². The Labute approximate surface area is 61.4 Å². The smallest absolute Gasteiger partial charge is 0.0688 e. The van der Waals surface area contributed by atoms with E-state index >= 15 is 0 Å². The van der Waals surface area contributed by atoms with Crippen molar-refractivity contribution in [3.05, 3.63) is 0 Å². The van der Waals surface area contributed by atoms with Crippen LogP contribution in [0, 0.1) is 23.7 Å². The SMILES string of the molecule is C#CC1C(O)CC12CCC2. The fourth-order valence-corrected chi connectivity index (χ4v) is 2.34. The predicted octanol–water partition coefficient (Wildman–Crippen LogP) is 1.17. The summed E-state index contributed by atoms with van der Waals surface area (Å²) in [7, 11) is 0. The van der Waals surface area contributed by atoms with Crippen LogP contribution in [0.3, 0.4) is 0 Å². The number of aliphatic hydroxyl groups is 1. The maximum absolute atomic E-state index is 9.27. The Morgan fingerprint density at radius 3 is 2.40 bits per heavy atom. The molecule has 2 unspecified atom stereocenters. The van der Waals surface area contributed by atoms with Crippen LogP contribution in [-0.4, -0.2) is 11.2 Å². The van der Waals surface area contributed by atoms with Gasteiger partial charge >= 0.3 is 0 Å². The summed E-state index contributed by atoms with van der Waals surface area (Å²) in [5.41, 5.74) is 0.397. The van der Waals surface area contributed by atoms with Gasteiger partial charge in [-0.05, 0) is 24.7 Å². The zero-order valence-electron chi connectivity index (χ0n) is 6.01. The van der Waals surface area contributed by atoms with Crippen LogP contribution in [0.2, 0.25) is 0 Å². The highest BCUT2D eigenvalue weighted by atomic mass is 16.3.